The second-order valence-electron chi connectivity index (χ2n) is 4.28. The highest BCUT2D eigenvalue weighted by atomic mass is 32.1. The molecule has 0 saturated heterocycles. The van der Waals surface area contributed by atoms with Crippen LogP contribution in [0.1, 0.15) is 17.6 Å². The van der Waals surface area contributed by atoms with E-state index in [1.807, 2.05) is 0 Å². The first-order valence-corrected chi connectivity index (χ1v) is 6.77. The number of nitrogens with one attached hydrogen (secondary N) is 2. The molecule has 6 nitrogen and oxygen atoms in total. The van der Waals surface area contributed by atoms with Crippen molar-refractivity contribution in [1.29, 1.82) is 0 Å². The summed E-state index contributed by atoms with van der Waals surface area (Å²) in [6.45, 7) is 1.61. The normalized spacial score (nSPS) is 13.1. The molecule has 0 saturated carbocycles. The lowest BCUT2D eigenvalue weighted by Gasteiger charge is -2.22. The van der Waals surface area contributed by atoms with E-state index < -0.39 is 29.9 Å². The zero-order chi connectivity index (χ0) is 16.2. The van der Waals surface area contributed by atoms with Gasteiger partial charge in [-0.25, -0.2) is 9.78 Å². The minimum absolute atomic E-state index is 0.0725. The summed E-state index contributed by atoms with van der Waals surface area (Å²) in [5, 5.41) is 5.50. The predicted molar refractivity (Wildman–Crippen MR) is 70.6 cm³/mol. The molecule has 0 aliphatic carbocycles. The molecule has 0 bridgehead atoms. The number of amides is 3. The van der Waals surface area contributed by atoms with Crippen molar-refractivity contribution < 1.29 is 22.8 Å². The van der Waals surface area contributed by atoms with Crippen LogP contribution in [0.25, 0.3) is 0 Å². The first kappa shape index (κ1) is 17.4. The average molecular weight is 324 g/mol. The Hall–Kier alpha value is -1.68. The first-order valence-electron chi connectivity index (χ1n) is 5.89. The molecule has 0 aliphatic rings. The van der Waals surface area contributed by atoms with Gasteiger partial charge in [-0.15, -0.1) is 11.3 Å². The second-order valence-corrected chi connectivity index (χ2v) is 5.23. The van der Waals surface area contributed by atoms with Crippen molar-refractivity contribution >= 4 is 23.3 Å². The van der Waals surface area contributed by atoms with E-state index in [1.54, 1.807) is 7.05 Å². The average Bonchev–Trinajstić information content (AvgIpc) is 2.85. The summed E-state index contributed by atoms with van der Waals surface area (Å²) in [6, 6.07) is -1.34. The van der Waals surface area contributed by atoms with Gasteiger partial charge in [0.05, 0.1) is 12.6 Å². The molecule has 3 amide bonds. The predicted octanol–water partition coefficient (Wildman–Crippen LogP) is 1.44. The maximum atomic E-state index is 12.4. The third kappa shape index (κ3) is 4.97. The van der Waals surface area contributed by atoms with E-state index >= 15 is 0 Å². The van der Waals surface area contributed by atoms with Gasteiger partial charge in [-0.2, -0.15) is 13.2 Å². The first-order chi connectivity index (χ1) is 9.65. The van der Waals surface area contributed by atoms with Crippen LogP contribution in [0.4, 0.5) is 18.0 Å². The number of likely N-dealkylation sites (N-methyl/N-ethyl adjacent to an activating group) is 1. The Balaban J connectivity index is 2.64. The molecule has 0 aromatic carbocycles. The van der Waals surface area contributed by atoms with Crippen molar-refractivity contribution in [3.05, 3.63) is 16.1 Å². The molecule has 118 valence electrons. The molecule has 1 atom stereocenters. The number of nitrogens with zero attached hydrogens (tertiary/aromatic N) is 2. The van der Waals surface area contributed by atoms with Crippen LogP contribution in [0.5, 0.6) is 0 Å². The van der Waals surface area contributed by atoms with Gasteiger partial charge in [0.25, 0.3) is 0 Å². The van der Waals surface area contributed by atoms with Crippen LogP contribution in [-0.4, -0.2) is 42.0 Å². The molecular formula is C11H15F3N4O2S. The van der Waals surface area contributed by atoms with Gasteiger partial charge in [-0.1, -0.05) is 0 Å². The summed E-state index contributed by atoms with van der Waals surface area (Å²) < 4.78 is 37.3. The Morgan fingerprint density at radius 2 is 2.10 bits per heavy atom. The van der Waals surface area contributed by atoms with Crippen molar-refractivity contribution in [3.8, 4) is 0 Å². The van der Waals surface area contributed by atoms with E-state index in [4.69, 9.17) is 0 Å². The van der Waals surface area contributed by atoms with Crippen LogP contribution in [0, 0.1) is 0 Å². The number of carbonyl (C=O) groups is 2. The van der Waals surface area contributed by atoms with E-state index in [0.717, 1.165) is 16.7 Å². The largest absolute Gasteiger partial charge is 0.434 e. The molecule has 1 heterocycles. The fourth-order valence-electron chi connectivity index (χ4n) is 1.34. The Kier molecular flexibility index (Phi) is 5.67. The summed E-state index contributed by atoms with van der Waals surface area (Å²) in [7, 11) is 2.92. The number of aromatic nitrogens is 1. The van der Waals surface area contributed by atoms with Crippen LogP contribution in [0.15, 0.2) is 5.38 Å². The molecular weight excluding hydrogens is 309 g/mol. The topological polar surface area (TPSA) is 74.3 Å². The molecule has 1 rings (SSSR count). The van der Waals surface area contributed by atoms with Crippen LogP contribution < -0.4 is 10.6 Å². The number of hydrogen-bond acceptors (Lipinski definition) is 5. The van der Waals surface area contributed by atoms with Gasteiger partial charge in [-0.05, 0) is 14.0 Å². The second kappa shape index (κ2) is 6.85. The Bertz CT molecular complexity index is 518. The Morgan fingerprint density at radius 1 is 1.48 bits per heavy atom. The molecule has 1 aromatic heterocycles. The summed E-state index contributed by atoms with van der Waals surface area (Å²) in [5.41, 5.74) is -0.946. The molecule has 0 unspecified atom stereocenters. The number of carbonyl (C=O) groups excluding carboxylic acids is 2. The third-order valence-electron chi connectivity index (χ3n) is 2.73. The highest BCUT2D eigenvalue weighted by Crippen LogP contribution is 2.30. The van der Waals surface area contributed by atoms with Crippen molar-refractivity contribution in [1.82, 2.24) is 20.5 Å². The van der Waals surface area contributed by atoms with Gasteiger partial charge in [0.1, 0.15) is 5.01 Å². The number of rotatable bonds is 4. The molecule has 10 heteroatoms. The standard InChI is InChI=1S/C11H15F3N4O2S/c1-6(9(19)17-10(20)15-2)18(3)4-8-16-7(5-21-8)11(12,13)14/h5-6H,4H2,1-3H3,(H2,15,17,19,20)/t6-/m0/s1. The van der Waals surface area contributed by atoms with Crippen LogP contribution in [-0.2, 0) is 17.5 Å². The van der Waals surface area contributed by atoms with E-state index in [2.05, 4.69) is 15.6 Å². The number of halogens is 3. The summed E-state index contributed by atoms with van der Waals surface area (Å²) in [6.07, 6.45) is -4.48. The molecule has 1 aromatic rings. The lowest BCUT2D eigenvalue weighted by molar-refractivity contribution is -0.140. The number of urea groups is 1. The van der Waals surface area contributed by atoms with Gasteiger partial charge in [-0.3, -0.25) is 15.0 Å². The monoisotopic (exact) mass is 324 g/mol. The maximum Gasteiger partial charge on any atom is 0.434 e. The van der Waals surface area contributed by atoms with E-state index in [0.29, 0.717) is 0 Å². The van der Waals surface area contributed by atoms with E-state index in [1.165, 1.54) is 18.9 Å². The SMILES string of the molecule is CNC(=O)NC(=O)[C@H](C)N(C)Cc1nc(C(F)(F)F)cs1. The van der Waals surface area contributed by atoms with Gasteiger partial charge in [0, 0.05) is 12.4 Å². The number of thiazole rings is 1. The fraction of sp³-hybridized carbons (Fsp3) is 0.545. The Morgan fingerprint density at radius 3 is 2.57 bits per heavy atom. The minimum Gasteiger partial charge on any atom is -0.341 e. The highest BCUT2D eigenvalue weighted by Gasteiger charge is 2.34. The maximum absolute atomic E-state index is 12.4. The van der Waals surface area contributed by atoms with Crippen LogP contribution >= 0.6 is 11.3 Å². The van der Waals surface area contributed by atoms with E-state index in [9.17, 15) is 22.8 Å². The summed E-state index contributed by atoms with van der Waals surface area (Å²) >= 11 is 0.869. The molecule has 2 N–H and O–H groups in total. The molecule has 21 heavy (non-hydrogen) atoms. The van der Waals surface area contributed by atoms with Crippen molar-refractivity contribution in [2.45, 2.75) is 25.7 Å². The smallest absolute Gasteiger partial charge is 0.341 e. The quantitative estimate of drug-likeness (QED) is 0.879. The van der Waals surface area contributed by atoms with Crippen molar-refractivity contribution in [3.63, 3.8) is 0 Å². The molecule has 0 aliphatic heterocycles. The van der Waals surface area contributed by atoms with Gasteiger partial charge < -0.3 is 5.32 Å². The number of hydrogen-bond donors (Lipinski definition) is 2. The van der Waals surface area contributed by atoms with Crippen LogP contribution in [0.3, 0.4) is 0 Å². The fourth-order valence-corrected chi connectivity index (χ4v) is 2.21. The highest BCUT2D eigenvalue weighted by molar-refractivity contribution is 7.09. The van der Waals surface area contributed by atoms with Gasteiger partial charge in [0.15, 0.2) is 5.69 Å². The lowest BCUT2D eigenvalue weighted by Crippen LogP contribution is -2.47. The molecule has 0 spiro atoms. The third-order valence-corrected chi connectivity index (χ3v) is 3.56. The van der Waals surface area contributed by atoms with Gasteiger partial charge >= 0.3 is 12.2 Å². The van der Waals surface area contributed by atoms with Gasteiger partial charge in [0.2, 0.25) is 5.91 Å². The minimum atomic E-state index is -4.48. The Labute approximate surface area is 123 Å². The van der Waals surface area contributed by atoms with Crippen LogP contribution in [0.2, 0.25) is 0 Å². The number of imide groups is 1. The molecule has 0 radical (unpaired) electrons. The molecule has 0 fully saturated rings. The summed E-state index contributed by atoms with van der Waals surface area (Å²) in [5.74, 6) is -0.551. The van der Waals surface area contributed by atoms with Crippen molar-refractivity contribution in [2.24, 2.45) is 0 Å². The summed E-state index contributed by atoms with van der Waals surface area (Å²) in [4.78, 5) is 27.7. The van der Waals surface area contributed by atoms with E-state index in [-0.39, 0.29) is 11.6 Å². The zero-order valence-electron chi connectivity index (χ0n) is 11.6. The number of alkyl halides is 3. The van der Waals surface area contributed by atoms with Crippen molar-refractivity contribution in [2.75, 3.05) is 14.1 Å². The lowest BCUT2D eigenvalue weighted by atomic mass is 10.3. The zero-order valence-corrected chi connectivity index (χ0v) is 12.4.